The van der Waals surface area contributed by atoms with E-state index in [0.29, 0.717) is 19.6 Å². The number of aromatic nitrogens is 2. The fraction of sp³-hybridized carbons (Fsp3) is 0.476. The molecule has 0 saturated carbocycles. The lowest BCUT2D eigenvalue weighted by molar-refractivity contribution is 0.0164. The summed E-state index contributed by atoms with van der Waals surface area (Å²) >= 11 is 0. The van der Waals surface area contributed by atoms with Gasteiger partial charge in [-0.15, -0.1) is 0 Å². The Hall–Kier alpha value is -2.71. The number of hydrogen-bond donors (Lipinski definition) is 1. The molecule has 2 aromatic rings. The van der Waals surface area contributed by atoms with Gasteiger partial charge in [0.05, 0.1) is 19.3 Å². The summed E-state index contributed by atoms with van der Waals surface area (Å²) in [7, 11) is 0. The van der Waals surface area contributed by atoms with Crippen LogP contribution in [0.3, 0.4) is 0 Å². The van der Waals surface area contributed by atoms with E-state index in [0.717, 1.165) is 50.8 Å². The van der Waals surface area contributed by atoms with Crippen LogP contribution < -0.4 is 10.2 Å². The van der Waals surface area contributed by atoms with E-state index in [1.165, 1.54) is 0 Å². The summed E-state index contributed by atoms with van der Waals surface area (Å²) in [5, 5.41) is 3.15. The number of nitrogens with one attached hydrogen (secondary N) is 1. The molecule has 2 aliphatic rings. The van der Waals surface area contributed by atoms with Gasteiger partial charge in [-0.2, -0.15) is 0 Å². The van der Waals surface area contributed by atoms with Crippen LogP contribution in [0.25, 0.3) is 0 Å². The first-order valence-corrected chi connectivity index (χ1v) is 10.2. The molecule has 0 radical (unpaired) electrons. The zero-order valence-corrected chi connectivity index (χ0v) is 16.6. The van der Waals surface area contributed by atoms with Crippen molar-refractivity contribution in [3.05, 3.63) is 54.5 Å². The zero-order valence-electron chi connectivity index (χ0n) is 16.6. The van der Waals surface area contributed by atoms with E-state index in [2.05, 4.69) is 31.2 Å². The molecule has 1 atom stereocenters. The number of piperazine rings is 1. The molecule has 2 amide bonds. The molecule has 4 heterocycles. The van der Waals surface area contributed by atoms with Gasteiger partial charge in [0, 0.05) is 64.4 Å². The minimum absolute atomic E-state index is 0.00665. The fourth-order valence-electron chi connectivity index (χ4n) is 3.90. The monoisotopic (exact) mass is 396 g/mol. The Morgan fingerprint density at radius 1 is 1.03 bits per heavy atom. The molecule has 0 aromatic carbocycles. The van der Waals surface area contributed by atoms with Crippen molar-refractivity contribution in [3.8, 4) is 0 Å². The summed E-state index contributed by atoms with van der Waals surface area (Å²) in [6.07, 6.45) is 5.47. The number of rotatable bonds is 5. The van der Waals surface area contributed by atoms with Crippen LogP contribution in [0, 0.1) is 0 Å². The summed E-state index contributed by atoms with van der Waals surface area (Å²) in [5.41, 5.74) is 1.12. The summed E-state index contributed by atoms with van der Waals surface area (Å²) in [6, 6.07) is 10.0. The smallest absolute Gasteiger partial charge is 0.317 e. The molecule has 2 aromatic heterocycles. The van der Waals surface area contributed by atoms with Crippen molar-refractivity contribution >= 4 is 11.8 Å². The molecule has 8 nitrogen and oxygen atoms in total. The van der Waals surface area contributed by atoms with Gasteiger partial charge >= 0.3 is 6.03 Å². The maximum Gasteiger partial charge on any atom is 0.317 e. The third-order valence-electron chi connectivity index (χ3n) is 5.54. The van der Waals surface area contributed by atoms with Crippen LogP contribution in [-0.4, -0.2) is 84.8 Å². The van der Waals surface area contributed by atoms with Gasteiger partial charge in [-0.05, 0) is 23.8 Å². The first-order valence-electron chi connectivity index (χ1n) is 10.2. The Bertz CT molecular complexity index is 761. The van der Waals surface area contributed by atoms with Gasteiger partial charge in [0.15, 0.2) is 0 Å². The van der Waals surface area contributed by atoms with E-state index in [1.807, 2.05) is 35.4 Å². The number of carbonyl (C=O) groups is 1. The van der Waals surface area contributed by atoms with E-state index in [9.17, 15) is 4.79 Å². The van der Waals surface area contributed by atoms with Gasteiger partial charge in [0.1, 0.15) is 5.82 Å². The first kappa shape index (κ1) is 19.6. The largest absolute Gasteiger partial charge is 0.379 e. The van der Waals surface area contributed by atoms with Crippen LogP contribution in [-0.2, 0) is 4.74 Å². The second kappa shape index (κ2) is 9.67. The minimum atomic E-state index is -0.00665. The lowest BCUT2D eigenvalue weighted by Gasteiger charge is -2.37. The van der Waals surface area contributed by atoms with Gasteiger partial charge in [-0.1, -0.05) is 12.1 Å². The summed E-state index contributed by atoms with van der Waals surface area (Å²) in [4.78, 5) is 27.9. The van der Waals surface area contributed by atoms with Gasteiger partial charge in [-0.25, -0.2) is 9.78 Å². The van der Waals surface area contributed by atoms with Crippen molar-refractivity contribution in [2.45, 2.75) is 6.04 Å². The van der Waals surface area contributed by atoms with E-state index >= 15 is 0 Å². The van der Waals surface area contributed by atoms with Gasteiger partial charge in [-0.3, -0.25) is 9.88 Å². The zero-order chi connectivity index (χ0) is 19.9. The Kier molecular flexibility index (Phi) is 6.53. The molecule has 0 bridgehead atoms. The number of anilines is 1. The van der Waals surface area contributed by atoms with Crippen molar-refractivity contribution in [3.63, 3.8) is 0 Å². The Morgan fingerprint density at radius 3 is 2.55 bits per heavy atom. The van der Waals surface area contributed by atoms with Crippen LogP contribution in [0.1, 0.15) is 11.6 Å². The lowest BCUT2D eigenvalue weighted by atomic mass is 10.1. The lowest BCUT2D eigenvalue weighted by Crippen LogP contribution is -2.53. The van der Waals surface area contributed by atoms with Gasteiger partial charge in [0.2, 0.25) is 0 Å². The fourth-order valence-corrected chi connectivity index (χ4v) is 3.90. The van der Waals surface area contributed by atoms with Crippen LogP contribution in [0.5, 0.6) is 0 Å². The normalized spacial score (nSPS) is 19.0. The predicted octanol–water partition coefficient (Wildman–Crippen LogP) is 1.38. The van der Waals surface area contributed by atoms with Crippen molar-refractivity contribution in [1.29, 1.82) is 0 Å². The Balaban J connectivity index is 1.32. The van der Waals surface area contributed by atoms with Crippen molar-refractivity contribution < 1.29 is 9.53 Å². The highest BCUT2D eigenvalue weighted by Gasteiger charge is 2.26. The Morgan fingerprint density at radius 2 is 1.86 bits per heavy atom. The molecule has 2 aliphatic heterocycles. The van der Waals surface area contributed by atoms with Crippen molar-refractivity contribution in [2.24, 2.45) is 0 Å². The molecule has 0 aliphatic carbocycles. The molecule has 4 rings (SSSR count). The molecule has 8 heteroatoms. The highest BCUT2D eigenvalue weighted by atomic mass is 16.5. The van der Waals surface area contributed by atoms with Crippen molar-refractivity contribution in [2.75, 3.05) is 63.9 Å². The standard InChI is InChI=1S/C21H28N6O2/c28-21(27-10-8-26(9-11-27)20-5-1-2-7-23-20)24-17-19(18-4-3-6-22-16-18)25-12-14-29-15-13-25/h1-7,16,19H,8-15,17H2,(H,24,28). The van der Waals surface area contributed by atoms with E-state index in [4.69, 9.17) is 4.74 Å². The van der Waals surface area contributed by atoms with Crippen LogP contribution >= 0.6 is 0 Å². The maximum atomic E-state index is 12.8. The topological polar surface area (TPSA) is 73.8 Å². The van der Waals surface area contributed by atoms with E-state index in [1.54, 1.807) is 12.4 Å². The average molecular weight is 396 g/mol. The van der Waals surface area contributed by atoms with Crippen LogP contribution in [0.15, 0.2) is 48.9 Å². The maximum absolute atomic E-state index is 12.8. The number of amides is 2. The minimum Gasteiger partial charge on any atom is -0.379 e. The predicted molar refractivity (Wildman–Crippen MR) is 111 cm³/mol. The number of hydrogen-bond acceptors (Lipinski definition) is 6. The molecule has 2 saturated heterocycles. The molecule has 1 N–H and O–H groups in total. The second-order valence-electron chi connectivity index (χ2n) is 7.30. The quantitative estimate of drug-likeness (QED) is 0.823. The first-order chi connectivity index (χ1) is 14.3. The van der Waals surface area contributed by atoms with Crippen LogP contribution in [0.2, 0.25) is 0 Å². The van der Waals surface area contributed by atoms with Gasteiger partial charge < -0.3 is 19.9 Å². The second-order valence-corrected chi connectivity index (χ2v) is 7.30. The third kappa shape index (κ3) is 5.02. The summed E-state index contributed by atoms with van der Waals surface area (Å²) < 4.78 is 5.49. The number of carbonyl (C=O) groups excluding carboxylic acids is 1. The molecular weight excluding hydrogens is 368 g/mol. The number of pyridine rings is 2. The summed E-state index contributed by atoms with van der Waals surface area (Å²) in [5.74, 6) is 0.969. The number of nitrogens with zero attached hydrogens (tertiary/aromatic N) is 5. The third-order valence-corrected chi connectivity index (χ3v) is 5.54. The van der Waals surface area contributed by atoms with E-state index in [-0.39, 0.29) is 12.1 Å². The van der Waals surface area contributed by atoms with Crippen LogP contribution in [0.4, 0.5) is 10.6 Å². The molecule has 1 unspecified atom stereocenters. The number of ether oxygens (including phenoxy) is 1. The van der Waals surface area contributed by atoms with E-state index < -0.39 is 0 Å². The Labute approximate surface area is 171 Å². The molecule has 2 fully saturated rings. The van der Waals surface area contributed by atoms with Crippen molar-refractivity contribution in [1.82, 2.24) is 25.1 Å². The summed E-state index contributed by atoms with van der Waals surface area (Å²) in [6.45, 7) is 6.69. The molecular formula is C21H28N6O2. The number of urea groups is 1. The SMILES string of the molecule is O=C(NCC(c1cccnc1)N1CCOCC1)N1CCN(c2ccccn2)CC1. The van der Waals surface area contributed by atoms with Gasteiger partial charge in [0.25, 0.3) is 0 Å². The molecule has 29 heavy (non-hydrogen) atoms. The number of morpholine rings is 1. The average Bonchev–Trinajstić information content (AvgIpc) is 2.81. The highest BCUT2D eigenvalue weighted by Crippen LogP contribution is 2.20. The molecule has 154 valence electrons. The molecule has 0 spiro atoms. The highest BCUT2D eigenvalue weighted by molar-refractivity contribution is 5.74.